The van der Waals surface area contributed by atoms with E-state index >= 15 is 0 Å². The Morgan fingerprint density at radius 1 is 1.14 bits per heavy atom. The van der Waals surface area contributed by atoms with Gasteiger partial charge in [-0.05, 0) is 18.1 Å². The van der Waals surface area contributed by atoms with Crippen molar-refractivity contribution in [1.29, 1.82) is 0 Å². The number of hydrogen-bond donors (Lipinski definition) is 1. The third-order valence-electron chi connectivity index (χ3n) is 3.24. The van der Waals surface area contributed by atoms with E-state index in [4.69, 9.17) is 4.74 Å². The molecule has 2 aromatic rings. The fourth-order valence-corrected chi connectivity index (χ4v) is 2.03. The van der Waals surface area contributed by atoms with Crippen LogP contribution in [0.1, 0.15) is 24.3 Å². The van der Waals surface area contributed by atoms with E-state index < -0.39 is 12.0 Å². The maximum atomic E-state index is 12.2. The second kappa shape index (κ2) is 6.35. The summed E-state index contributed by atoms with van der Waals surface area (Å²) in [5, 5.41) is 3.63. The molecule has 0 spiro atoms. The van der Waals surface area contributed by atoms with Gasteiger partial charge in [0.1, 0.15) is 11.7 Å². The summed E-state index contributed by atoms with van der Waals surface area (Å²) >= 11 is 0. The fraction of sp³-hybridized carbons (Fsp3) is 0.312. The number of aromatic nitrogens is 1. The molecule has 1 atom stereocenters. The highest BCUT2D eigenvalue weighted by molar-refractivity contribution is 5.97. The summed E-state index contributed by atoms with van der Waals surface area (Å²) in [7, 11) is 1.30. The molecule has 0 fully saturated rings. The van der Waals surface area contributed by atoms with Crippen molar-refractivity contribution in [2.45, 2.75) is 19.9 Å². The number of rotatable bonds is 4. The van der Waals surface area contributed by atoms with Gasteiger partial charge in [0, 0.05) is 5.39 Å². The van der Waals surface area contributed by atoms with Crippen LogP contribution in [-0.2, 0) is 9.53 Å². The van der Waals surface area contributed by atoms with Crippen LogP contribution in [0.5, 0.6) is 0 Å². The molecule has 0 saturated carbocycles. The zero-order valence-electron chi connectivity index (χ0n) is 12.3. The standard InChI is InChI=1S/C16H18N2O3/c1-10(2)14(16(20)21-3)18-15(19)13-9-8-11-6-4-5-7-12(11)17-13/h4-10,14H,1-3H3,(H,18,19). The smallest absolute Gasteiger partial charge is 0.328 e. The molecule has 1 unspecified atom stereocenters. The van der Waals surface area contributed by atoms with Crippen LogP contribution in [0.4, 0.5) is 0 Å². The summed E-state index contributed by atoms with van der Waals surface area (Å²) in [6, 6.07) is 10.3. The van der Waals surface area contributed by atoms with Gasteiger partial charge in [-0.15, -0.1) is 0 Å². The third kappa shape index (κ3) is 3.37. The summed E-state index contributed by atoms with van der Waals surface area (Å²) in [5.74, 6) is -0.911. The number of fused-ring (bicyclic) bond motifs is 1. The minimum atomic E-state index is -0.684. The van der Waals surface area contributed by atoms with Gasteiger partial charge in [-0.3, -0.25) is 4.79 Å². The summed E-state index contributed by atoms with van der Waals surface area (Å²) in [6.45, 7) is 3.69. The van der Waals surface area contributed by atoms with Crippen LogP contribution in [0.3, 0.4) is 0 Å². The molecular formula is C16H18N2O3. The molecule has 2 rings (SSSR count). The monoisotopic (exact) mass is 286 g/mol. The predicted octanol–water partition coefficient (Wildman–Crippen LogP) is 2.16. The Morgan fingerprint density at radius 3 is 2.52 bits per heavy atom. The van der Waals surface area contributed by atoms with Crippen LogP contribution in [0.2, 0.25) is 0 Å². The zero-order valence-corrected chi connectivity index (χ0v) is 12.3. The number of nitrogens with one attached hydrogen (secondary N) is 1. The van der Waals surface area contributed by atoms with Crippen LogP contribution in [-0.4, -0.2) is 30.0 Å². The first kappa shape index (κ1) is 15.0. The van der Waals surface area contributed by atoms with Gasteiger partial charge < -0.3 is 10.1 Å². The molecule has 1 heterocycles. The highest BCUT2D eigenvalue weighted by atomic mass is 16.5. The van der Waals surface area contributed by atoms with Gasteiger partial charge in [0.05, 0.1) is 12.6 Å². The normalized spacial score (nSPS) is 12.2. The van der Waals surface area contributed by atoms with Crippen molar-refractivity contribution in [1.82, 2.24) is 10.3 Å². The van der Waals surface area contributed by atoms with Gasteiger partial charge in [-0.25, -0.2) is 9.78 Å². The van der Waals surface area contributed by atoms with Gasteiger partial charge in [-0.1, -0.05) is 38.1 Å². The van der Waals surface area contributed by atoms with Crippen LogP contribution in [0, 0.1) is 5.92 Å². The number of esters is 1. The topological polar surface area (TPSA) is 68.3 Å². The molecule has 1 N–H and O–H groups in total. The average molecular weight is 286 g/mol. The number of benzene rings is 1. The maximum absolute atomic E-state index is 12.2. The Labute approximate surface area is 123 Å². The largest absolute Gasteiger partial charge is 0.467 e. The highest BCUT2D eigenvalue weighted by Gasteiger charge is 2.25. The van der Waals surface area contributed by atoms with Crippen molar-refractivity contribution < 1.29 is 14.3 Å². The van der Waals surface area contributed by atoms with E-state index in [2.05, 4.69) is 10.3 Å². The number of pyridine rings is 1. The van der Waals surface area contributed by atoms with Crippen LogP contribution < -0.4 is 5.32 Å². The van der Waals surface area contributed by atoms with Crippen molar-refractivity contribution >= 4 is 22.8 Å². The number of carbonyl (C=O) groups excluding carboxylic acids is 2. The Bertz CT molecular complexity index is 667. The molecule has 1 amide bonds. The first-order valence-corrected chi connectivity index (χ1v) is 6.77. The Kier molecular flexibility index (Phi) is 4.52. The molecule has 1 aromatic carbocycles. The molecule has 0 aliphatic rings. The first-order chi connectivity index (χ1) is 10.0. The van der Waals surface area contributed by atoms with Crippen molar-refractivity contribution in [2.75, 3.05) is 7.11 Å². The number of carbonyl (C=O) groups is 2. The Balaban J connectivity index is 2.23. The van der Waals surface area contributed by atoms with E-state index in [-0.39, 0.29) is 17.5 Å². The van der Waals surface area contributed by atoms with Crippen LogP contribution in [0.25, 0.3) is 10.9 Å². The van der Waals surface area contributed by atoms with Gasteiger partial charge in [-0.2, -0.15) is 0 Å². The van der Waals surface area contributed by atoms with Crippen LogP contribution >= 0.6 is 0 Å². The Hall–Kier alpha value is -2.43. The van der Waals surface area contributed by atoms with Crippen molar-refractivity contribution in [2.24, 2.45) is 5.92 Å². The average Bonchev–Trinajstić information content (AvgIpc) is 2.50. The van der Waals surface area contributed by atoms with Gasteiger partial charge in [0.2, 0.25) is 0 Å². The SMILES string of the molecule is COC(=O)C(NC(=O)c1ccc2ccccc2n1)C(C)C. The number of para-hydroxylation sites is 1. The first-order valence-electron chi connectivity index (χ1n) is 6.77. The minimum absolute atomic E-state index is 0.0677. The molecule has 0 radical (unpaired) electrons. The summed E-state index contributed by atoms with van der Waals surface area (Å²) in [5.41, 5.74) is 1.02. The van der Waals surface area contributed by atoms with E-state index in [9.17, 15) is 9.59 Å². The lowest BCUT2D eigenvalue weighted by atomic mass is 10.0. The molecule has 1 aromatic heterocycles. The maximum Gasteiger partial charge on any atom is 0.328 e. The molecule has 0 saturated heterocycles. The number of hydrogen-bond acceptors (Lipinski definition) is 4. The lowest BCUT2D eigenvalue weighted by Crippen LogP contribution is -2.45. The van der Waals surface area contributed by atoms with Crippen LogP contribution in [0.15, 0.2) is 36.4 Å². The van der Waals surface area contributed by atoms with E-state index in [1.807, 2.05) is 44.2 Å². The summed E-state index contributed by atoms with van der Waals surface area (Å²) in [6.07, 6.45) is 0. The molecule has 0 bridgehead atoms. The molecular weight excluding hydrogens is 268 g/mol. The molecule has 21 heavy (non-hydrogen) atoms. The Morgan fingerprint density at radius 2 is 1.86 bits per heavy atom. The van der Waals surface area contributed by atoms with E-state index in [1.54, 1.807) is 6.07 Å². The third-order valence-corrected chi connectivity index (χ3v) is 3.24. The number of ether oxygens (including phenoxy) is 1. The lowest BCUT2D eigenvalue weighted by Gasteiger charge is -2.19. The van der Waals surface area contributed by atoms with Crippen molar-refractivity contribution in [3.05, 3.63) is 42.1 Å². The van der Waals surface area contributed by atoms with Gasteiger partial charge in [0.15, 0.2) is 0 Å². The van der Waals surface area contributed by atoms with Crippen molar-refractivity contribution in [3.63, 3.8) is 0 Å². The zero-order chi connectivity index (χ0) is 15.4. The predicted molar refractivity (Wildman–Crippen MR) is 79.9 cm³/mol. The van der Waals surface area contributed by atoms with Crippen molar-refractivity contribution in [3.8, 4) is 0 Å². The minimum Gasteiger partial charge on any atom is -0.467 e. The van der Waals surface area contributed by atoms with Gasteiger partial charge in [0.25, 0.3) is 5.91 Å². The number of amides is 1. The van der Waals surface area contributed by atoms with E-state index in [0.29, 0.717) is 0 Å². The second-order valence-electron chi connectivity index (χ2n) is 5.11. The molecule has 0 aliphatic heterocycles. The van der Waals surface area contributed by atoms with E-state index in [0.717, 1.165) is 10.9 Å². The summed E-state index contributed by atoms with van der Waals surface area (Å²) in [4.78, 5) is 28.2. The second-order valence-corrected chi connectivity index (χ2v) is 5.11. The highest BCUT2D eigenvalue weighted by Crippen LogP contribution is 2.12. The fourth-order valence-electron chi connectivity index (χ4n) is 2.03. The lowest BCUT2D eigenvalue weighted by molar-refractivity contribution is -0.144. The molecule has 5 heteroatoms. The quantitative estimate of drug-likeness (QED) is 0.875. The molecule has 5 nitrogen and oxygen atoms in total. The molecule has 110 valence electrons. The number of nitrogens with zero attached hydrogens (tertiary/aromatic N) is 1. The van der Waals surface area contributed by atoms with Gasteiger partial charge >= 0.3 is 5.97 Å². The summed E-state index contributed by atoms with van der Waals surface area (Å²) < 4.78 is 4.71. The number of methoxy groups -OCH3 is 1. The van der Waals surface area contributed by atoms with E-state index in [1.165, 1.54) is 7.11 Å². The molecule has 0 aliphatic carbocycles.